The molecular formula is C17H22N2O2. The van der Waals surface area contributed by atoms with E-state index in [0.717, 1.165) is 42.1 Å². The third kappa shape index (κ3) is 2.68. The molecule has 1 heterocycles. The number of aromatic nitrogens is 1. The first-order valence-corrected chi connectivity index (χ1v) is 7.66. The van der Waals surface area contributed by atoms with Crippen molar-refractivity contribution in [2.24, 2.45) is 13.0 Å². The fourth-order valence-corrected chi connectivity index (χ4v) is 3.36. The van der Waals surface area contributed by atoms with Gasteiger partial charge in [0.15, 0.2) is 0 Å². The summed E-state index contributed by atoms with van der Waals surface area (Å²) in [4.78, 5) is 12.6. The molecule has 2 atom stereocenters. The fourth-order valence-electron chi connectivity index (χ4n) is 3.36. The van der Waals surface area contributed by atoms with E-state index in [9.17, 15) is 9.90 Å². The third-order valence-electron chi connectivity index (χ3n) is 4.63. The molecule has 112 valence electrons. The van der Waals surface area contributed by atoms with Gasteiger partial charge in [-0.3, -0.25) is 4.79 Å². The van der Waals surface area contributed by atoms with E-state index in [0.29, 0.717) is 0 Å². The van der Waals surface area contributed by atoms with Crippen LogP contribution in [0, 0.1) is 5.92 Å². The van der Waals surface area contributed by atoms with Crippen LogP contribution in [-0.2, 0) is 7.05 Å². The lowest BCUT2D eigenvalue weighted by Gasteiger charge is -2.30. The second kappa shape index (κ2) is 5.90. The summed E-state index contributed by atoms with van der Waals surface area (Å²) in [7, 11) is 1.98. The van der Waals surface area contributed by atoms with Gasteiger partial charge >= 0.3 is 0 Å². The maximum absolute atomic E-state index is 12.6. The number of nitrogens with zero attached hydrogens (tertiary/aromatic N) is 1. The minimum Gasteiger partial charge on any atom is -0.396 e. The summed E-state index contributed by atoms with van der Waals surface area (Å²) in [5, 5.41) is 13.6. The highest BCUT2D eigenvalue weighted by molar-refractivity contribution is 6.06. The van der Waals surface area contributed by atoms with Crippen LogP contribution in [0.15, 0.2) is 30.5 Å². The summed E-state index contributed by atoms with van der Waals surface area (Å²) in [6.45, 7) is 0.153. The first kappa shape index (κ1) is 14.1. The average molecular weight is 286 g/mol. The smallest absolute Gasteiger partial charge is 0.252 e. The van der Waals surface area contributed by atoms with E-state index < -0.39 is 0 Å². The molecule has 1 amide bonds. The number of carbonyl (C=O) groups is 1. The number of benzene rings is 1. The van der Waals surface area contributed by atoms with Gasteiger partial charge in [-0.15, -0.1) is 0 Å². The van der Waals surface area contributed by atoms with Crippen LogP contribution in [0.1, 0.15) is 36.0 Å². The minimum absolute atomic E-state index is 0.0304. The van der Waals surface area contributed by atoms with E-state index in [1.165, 1.54) is 0 Å². The number of hydrogen-bond acceptors (Lipinski definition) is 2. The zero-order chi connectivity index (χ0) is 14.8. The van der Waals surface area contributed by atoms with Crippen molar-refractivity contribution in [3.63, 3.8) is 0 Å². The average Bonchev–Trinajstić information content (AvgIpc) is 2.89. The van der Waals surface area contributed by atoms with E-state index in [1.807, 2.05) is 42.1 Å². The maximum atomic E-state index is 12.6. The Morgan fingerprint density at radius 2 is 2.14 bits per heavy atom. The Kier molecular flexibility index (Phi) is 3.97. The molecule has 0 spiro atoms. The number of aliphatic hydroxyl groups is 1. The highest BCUT2D eigenvalue weighted by atomic mass is 16.3. The van der Waals surface area contributed by atoms with Crippen molar-refractivity contribution in [1.29, 1.82) is 0 Å². The molecule has 0 bridgehead atoms. The van der Waals surface area contributed by atoms with Gasteiger partial charge in [-0.1, -0.05) is 18.9 Å². The van der Waals surface area contributed by atoms with E-state index in [2.05, 4.69) is 5.32 Å². The van der Waals surface area contributed by atoms with E-state index in [1.54, 1.807) is 0 Å². The summed E-state index contributed by atoms with van der Waals surface area (Å²) in [6, 6.07) is 7.88. The van der Waals surface area contributed by atoms with Crippen LogP contribution in [-0.4, -0.2) is 28.2 Å². The third-order valence-corrected chi connectivity index (χ3v) is 4.63. The molecule has 2 aromatic rings. The van der Waals surface area contributed by atoms with Crippen LogP contribution in [0.5, 0.6) is 0 Å². The second-order valence-electron chi connectivity index (χ2n) is 5.97. The molecule has 0 saturated heterocycles. The zero-order valence-corrected chi connectivity index (χ0v) is 12.4. The normalized spacial score (nSPS) is 22.4. The van der Waals surface area contributed by atoms with Crippen LogP contribution in [0.2, 0.25) is 0 Å². The number of carbonyl (C=O) groups excluding carboxylic acids is 1. The van der Waals surface area contributed by atoms with Gasteiger partial charge in [0.2, 0.25) is 0 Å². The first-order valence-electron chi connectivity index (χ1n) is 7.66. The Morgan fingerprint density at radius 1 is 1.33 bits per heavy atom. The molecule has 3 rings (SSSR count). The van der Waals surface area contributed by atoms with Gasteiger partial charge in [0.25, 0.3) is 5.91 Å². The highest BCUT2D eigenvalue weighted by Gasteiger charge is 2.26. The van der Waals surface area contributed by atoms with Crippen molar-refractivity contribution in [2.75, 3.05) is 6.61 Å². The molecule has 1 aromatic carbocycles. The predicted molar refractivity (Wildman–Crippen MR) is 83.2 cm³/mol. The largest absolute Gasteiger partial charge is 0.396 e. The van der Waals surface area contributed by atoms with E-state index >= 15 is 0 Å². The van der Waals surface area contributed by atoms with Crippen molar-refractivity contribution in [3.8, 4) is 0 Å². The lowest BCUT2D eigenvalue weighted by Crippen LogP contribution is -2.43. The van der Waals surface area contributed by atoms with Crippen LogP contribution in [0.4, 0.5) is 0 Å². The zero-order valence-electron chi connectivity index (χ0n) is 12.4. The molecule has 2 N–H and O–H groups in total. The monoisotopic (exact) mass is 286 g/mol. The minimum atomic E-state index is -0.0304. The molecule has 1 saturated carbocycles. The number of aryl methyl sites for hydroxylation is 1. The van der Waals surface area contributed by atoms with Gasteiger partial charge < -0.3 is 15.0 Å². The quantitative estimate of drug-likeness (QED) is 0.910. The summed E-state index contributed by atoms with van der Waals surface area (Å²) < 4.78 is 2.02. The summed E-state index contributed by atoms with van der Waals surface area (Å²) in [6.07, 6.45) is 6.19. The molecule has 0 aliphatic heterocycles. The fraction of sp³-hybridized carbons (Fsp3) is 0.471. The molecule has 21 heavy (non-hydrogen) atoms. The van der Waals surface area contributed by atoms with Crippen LogP contribution in [0.25, 0.3) is 10.9 Å². The van der Waals surface area contributed by atoms with Gasteiger partial charge in [-0.25, -0.2) is 0 Å². The molecule has 1 fully saturated rings. The van der Waals surface area contributed by atoms with Crippen LogP contribution >= 0.6 is 0 Å². The molecule has 1 aromatic heterocycles. The van der Waals surface area contributed by atoms with Crippen molar-refractivity contribution >= 4 is 16.8 Å². The number of hydrogen-bond donors (Lipinski definition) is 2. The van der Waals surface area contributed by atoms with E-state index in [-0.39, 0.29) is 24.5 Å². The van der Waals surface area contributed by atoms with Gasteiger partial charge in [0.1, 0.15) is 0 Å². The Hall–Kier alpha value is -1.81. The number of rotatable bonds is 3. The predicted octanol–water partition coefficient (Wildman–Crippen LogP) is 2.46. The number of fused-ring (bicyclic) bond motifs is 1. The van der Waals surface area contributed by atoms with Crippen molar-refractivity contribution < 1.29 is 9.90 Å². The standard InChI is InChI=1S/C17H22N2O2/c1-19-10-9-13-14(6-4-8-16(13)19)17(21)18-15-7-3-2-5-12(15)11-20/h4,6,8-10,12,15,20H,2-3,5,7,11H2,1H3,(H,18,21). The molecule has 4 heteroatoms. The maximum Gasteiger partial charge on any atom is 0.252 e. The molecular weight excluding hydrogens is 264 g/mol. The Balaban J connectivity index is 1.83. The SMILES string of the molecule is Cn1ccc2c(C(=O)NC3CCCCC3CO)cccc21. The Bertz CT molecular complexity index is 647. The lowest BCUT2D eigenvalue weighted by molar-refractivity contribution is 0.0874. The lowest BCUT2D eigenvalue weighted by atomic mass is 9.85. The van der Waals surface area contributed by atoms with Crippen LogP contribution < -0.4 is 5.32 Å². The molecule has 1 aliphatic carbocycles. The van der Waals surface area contributed by atoms with Gasteiger partial charge in [-0.05, 0) is 31.0 Å². The second-order valence-corrected chi connectivity index (χ2v) is 5.97. The summed E-state index contributed by atoms with van der Waals surface area (Å²) in [5.74, 6) is 0.162. The number of nitrogens with one attached hydrogen (secondary N) is 1. The highest BCUT2D eigenvalue weighted by Crippen LogP contribution is 2.25. The molecule has 0 radical (unpaired) electrons. The van der Waals surface area contributed by atoms with E-state index in [4.69, 9.17) is 0 Å². The van der Waals surface area contributed by atoms with Crippen molar-refractivity contribution in [2.45, 2.75) is 31.7 Å². The van der Waals surface area contributed by atoms with Crippen molar-refractivity contribution in [3.05, 3.63) is 36.0 Å². The van der Waals surface area contributed by atoms with Crippen LogP contribution in [0.3, 0.4) is 0 Å². The van der Waals surface area contributed by atoms with Gasteiger partial charge in [-0.2, -0.15) is 0 Å². The van der Waals surface area contributed by atoms with Crippen molar-refractivity contribution in [1.82, 2.24) is 9.88 Å². The van der Waals surface area contributed by atoms with Gasteiger partial charge in [0, 0.05) is 48.3 Å². The number of aliphatic hydroxyl groups excluding tert-OH is 1. The summed E-state index contributed by atoms with van der Waals surface area (Å²) in [5.41, 5.74) is 1.78. The number of amides is 1. The summed E-state index contributed by atoms with van der Waals surface area (Å²) >= 11 is 0. The Morgan fingerprint density at radius 3 is 2.95 bits per heavy atom. The Labute approximate surface area is 124 Å². The topological polar surface area (TPSA) is 54.3 Å². The molecule has 4 nitrogen and oxygen atoms in total. The van der Waals surface area contributed by atoms with Gasteiger partial charge in [0.05, 0.1) is 0 Å². The molecule has 1 aliphatic rings. The first-order chi connectivity index (χ1) is 10.2. The molecule has 2 unspecified atom stereocenters.